The lowest BCUT2D eigenvalue weighted by Gasteiger charge is -2.02. The van der Waals surface area contributed by atoms with E-state index in [1.54, 1.807) is 24.2 Å². The highest BCUT2D eigenvalue weighted by Gasteiger charge is 2.07. The number of hydrogen-bond acceptors (Lipinski definition) is 5. The average Bonchev–Trinajstić information content (AvgIpc) is 2.97. The first-order chi connectivity index (χ1) is 9.76. The van der Waals surface area contributed by atoms with Crippen LogP contribution in [0.1, 0.15) is 0 Å². The molecule has 100 valence electrons. The molecule has 0 spiro atoms. The minimum absolute atomic E-state index is 0.531. The highest BCUT2D eigenvalue weighted by molar-refractivity contribution is 5.60. The number of nitrogens with two attached hydrogens (primary N) is 1. The van der Waals surface area contributed by atoms with Gasteiger partial charge in [0.15, 0.2) is 11.6 Å². The lowest BCUT2D eigenvalue weighted by atomic mass is 10.2. The van der Waals surface area contributed by atoms with Crippen molar-refractivity contribution in [3.8, 4) is 23.1 Å². The summed E-state index contributed by atoms with van der Waals surface area (Å²) < 4.78 is 6.69. The molecule has 0 fully saturated rings. The lowest BCUT2D eigenvalue weighted by Crippen LogP contribution is -1.99. The van der Waals surface area contributed by atoms with Crippen LogP contribution >= 0.6 is 0 Å². The van der Waals surface area contributed by atoms with Crippen molar-refractivity contribution in [1.29, 1.82) is 0 Å². The number of hydrogen-bond donors (Lipinski definition) is 1. The molecular formula is C14H13N5O. The zero-order valence-corrected chi connectivity index (χ0v) is 10.9. The van der Waals surface area contributed by atoms with E-state index in [1.165, 1.54) is 0 Å². The molecule has 1 aromatic carbocycles. The molecule has 0 aliphatic rings. The van der Waals surface area contributed by atoms with E-state index in [1.807, 2.05) is 36.4 Å². The van der Waals surface area contributed by atoms with Crippen LogP contribution in [0.5, 0.6) is 5.88 Å². The maximum atomic E-state index is 5.76. The van der Waals surface area contributed by atoms with Gasteiger partial charge in [-0.3, -0.25) is 0 Å². The fourth-order valence-electron chi connectivity index (χ4n) is 1.83. The molecule has 0 aliphatic heterocycles. The number of aromatic nitrogens is 4. The standard InChI is InChI=1S/C14H13N5O/c1-20-13-7-3-6-12(17-13)19-9-16-14(18-19)10-4-2-5-11(15)8-10/h2-9H,15H2,1H3. The van der Waals surface area contributed by atoms with Crippen molar-refractivity contribution in [2.24, 2.45) is 0 Å². The van der Waals surface area contributed by atoms with Crippen molar-refractivity contribution >= 4 is 5.69 Å². The van der Waals surface area contributed by atoms with Gasteiger partial charge in [-0.15, -0.1) is 5.10 Å². The van der Waals surface area contributed by atoms with E-state index >= 15 is 0 Å². The zero-order chi connectivity index (χ0) is 13.9. The van der Waals surface area contributed by atoms with Crippen LogP contribution in [-0.4, -0.2) is 26.9 Å². The second-order valence-corrected chi connectivity index (χ2v) is 4.18. The van der Waals surface area contributed by atoms with E-state index in [2.05, 4.69) is 15.1 Å². The van der Waals surface area contributed by atoms with Crippen LogP contribution in [-0.2, 0) is 0 Å². The second kappa shape index (κ2) is 5.00. The predicted molar refractivity (Wildman–Crippen MR) is 75.6 cm³/mol. The normalized spacial score (nSPS) is 10.4. The van der Waals surface area contributed by atoms with Gasteiger partial charge in [-0.25, -0.2) is 9.67 Å². The number of benzene rings is 1. The van der Waals surface area contributed by atoms with E-state index in [0.717, 1.165) is 5.56 Å². The van der Waals surface area contributed by atoms with Gasteiger partial charge >= 0.3 is 0 Å². The minimum atomic E-state index is 0.531. The summed E-state index contributed by atoms with van der Waals surface area (Å²) in [6.45, 7) is 0. The van der Waals surface area contributed by atoms with Gasteiger partial charge in [-0.05, 0) is 18.2 Å². The third-order valence-corrected chi connectivity index (χ3v) is 2.79. The molecule has 0 saturated heterocycles. The van der Waals surface area contributed by atoms with Gasteiger partial charge in [0, 0.05) is 17.3 Å². The summed E-state index contributed by atoms with van der Waals surface area (Å²) in [5.74, 6) is 1.78. The Morgan fingerprint density at radius 3 is 2.80 bits per heavy atom. The van der Waals surface area contributed by atoms with Crippen molar-refractivity contribution in [3.63, 3.8) is 0 Å². The van der Waals surface area contributed by atoms with Crippen LogP contribution < -0.4 is 10.5 Å². The molecule has 0 amide bonds. The van der Waals surface area contributed by atoms with Gasteiger partial charge in [0.05, 0.1) is 7.11 Å². The highest BCUT2D eigenvalue weighted by atomic mass is 16.5. The largest absolute Gasteiger partial charge is 0.481 e. The predicted octanol–water partition coefficient (Wildman–Crippen LogP) is 1.92. The van der Waals surface area contributed by atoms with Crippen LogP contribution in [0.2, 0.25) is 0 Å². The average molecular weight is 267 g/mol. The van der Waals surface area contributed by atoms with E-state index < -0.39 is 0 Å². The molecule has 20 heavy (non-hydrogen) atoms. The first-order valence-electron chi connectivity index (χ1n) is 6.05. The minimum Gasteiger partial charge on any atom is -0.481 e. The molecule has 0 unspecified atom stereocenters. The number of anilines is 1. The van der Waals surface area contributed by atoms with Gasteiger partial charge in [-0.2, -0.15) is 4.98 Å². The van der Waals surface area contributed by atoms with Gasteiger partial charge < -0.3 is 10.5 Å². The Bertz CT molecular complexity index is 738. The maximum absolute atomic E-state index is 5.76. The van der Waals surface area contributed by atoms with Crippen LogP contribution in [0.4, 0.5) is 5.69 Å². The molecule has 0 atom stereocenters. The molecule has 2 aromatic heterocycles. The van der Waals surface area contributed by atoms with Gasteiger partial charge in [0.25, 0.3) is 0 Å². The Kier molecular flexibility index (Phi) is 3.04. The Hall–Kier alpha value is -2.89. The van der Waals surface area contributed by atoms with Crippen molar-refractivity contribution in [2.45, 2.75) is 0 Å². The number of ether oxygens (including phenoxy) is 1. The van der Waals surface area contributed by atoms with Crippen LogP contribution in [0.25, 0.3) is 17.2 Å². The third kappa shape index (κ3) is 2.31. The van der Waals surface area contributed by atoms with Crippen LogP contribution in [0.15, 0.2) is 48.8 Å². The van der Waals surface area contributed by atoms with E-state index in [-0.39, 0.29) is 0 Å². The molecule has 0 aliphatic carbocycles. The molecule has 0 saturated carbocycles. The second-order valence-electron chi connectivity index (χ2n) is 4.18. The summed E-state index contributed by atoms with van der Waals surface area (Å²) in [6, 6.07) is 12.9. The highest BCUT2D eigenvalue weighted by Crippen LogP contribution is 2.18. The Balaban J connectivity index is 1.97. The Morgan fingerprint density at radius 1 is 1.15 bits per heavy atom. The summed E-state index contributed by atoms with van der Waals surface area (Å²) in [5.41, 5.74) is 7.31. The van der Waals surface area contributed by atoms with Crippen LogP contribution in [0.3, 0.4) is 0 Å². The molecule has 3 aromatic rings. The summed E-state index contributed by atoms with van der Waals surface area (Å²) in [4.78, 5) is 8.57. The number of nitrogens with zero attached hydrogens (tertiary/aromatic N) is 4. The van der Waals surface area contributed by atoms with Crippen LogP contribution in [0, 0.1) is 0 Å². The van der Waals surface area contributed by atoms with Crippen molar-refractivity contribution in [1.82, 2.24) is 19.7 Å². The van der Waals surface area contributed by atoms with Crippen molar-refractivity contribution in [3.05, 3.63) is 48.8 Å². The monoisotopic (exact) mass is 267 g/mol. The smallest absolute Gasteiger partial charge is 0.214 e. The SMILES string of the molecule is COc1cccc(-n2cnc(-c3cccc(N)c3)n2)n1. The van der Waals surface area contributed by atoms with E-state index in [9.17, 15) is 0 Å². The van der Waals surface area contributed by atoms with Gasteiger partial charge in [0.1, 0.15) is 6.33 Å². The first-order valence-corrected chi connectivity index (χ1v) is 6.05. The van der Waals surface area contributed by atoms with E-state index in [4.69, 9.17) is 10.5 Å². The summed E-state index contributed by atoms with van der Waals surface area (Å²) >= 11 is 0. The Morgan fingerprint density at radius 2 is 2.00 bits per heavy atom. The van der Waals surface area contributed by atoms with Crippen molar-refractivity contribution < 1.29 is 4.74 Å². The zero-order valence-electron chi connectivity index (χ0n) is 10.9. The summed E-state index contributed by atoms with van der Waals surface area (Å²) in [6.07, 6.45) is 1.61. The molecule has 3 rings (SSSR count). The summed E-state index contributed by atoms with van der Waals surface area (Å²) in [7, 11) is 1.58. The number of nitrogen functional groups attached to an aromatic ring is 1. The molecule has 6 heteroatoms. The first kappa shape index (κ1) is 12.2. The van der Waals surface area contributed by atoms with Gasteiger partial charge in [-0.1, -0.05) is 18.2 Å². The topological polar surface area (TPSA) is 78.9 Å². The fraction of sp³-hybridized carbons (Fsp3) is 0.0714. The molecular weight excluding hydrogens is 254 g/mol. The summed E-state index contributed by atoms with van der Waals surface area (Å²) in [5, 5.41) is 4.40. The number of pyridine rings is 1. The molecule has 0 bridgehead atoms. The quantitative estimate of drug-likeness (QED) is 0.733. The lowest BCUT2D eigenvalue weighted by molar-refractivity contribution is 0.397. The third-order valence-electron chi connectivity index (χ3n) is 2.79. The van der Waals surface area contributed by atoms with E-state index in [0.29, 0.717) is 23.2 Å². The van der Waals surface area contributed by atoms with Crippen molar-refractivity contribution in [2.75, 3.05) is 12.8 Å². The molecule has 2 N–H and O–H groups in total. The van der Waals surface area contributed by atoms with Gasteiger partial charge in [0.2, 0.25) is 5.88 Å². The number of methoxy groups -OCH3 is 1. The molecule has 0 radical (unpaired) electrons. The molecule has 2 heterocycles. The Labute approximate surface area is 115 Å². The fourth-order valence-corrected chi connectivity index (χ4v) is 1.83. The maximum Gasteiger partial charge on any atom is 0.214 e. The number of rotatable bonds is 3. The molecule has 6 nitrogen and oxygen atoms in total.